The van der Waals surface area contributed by atoms with Gasteiger partial charge in [-0.1, -0.05) is 35.3 Å². The molecular formula is C31H29Cl2FN8OS. The van der Waals surface area contributed by atoms with Gasteiger partial charge in [0.15, 0.2) is 11.2 Å². The number of piperidine rings is 1. The third-order valence-corrected chi connectivity index (χ3v) is 10.5. The lowest BCUT2D eigenvalue weighted by Crippen LogP contribution is -2.62. The fourth-order valence-corrected chi connectivity index (χ4v) is 7.99. The second-order valence-corrected chi connectivity index (χ2v) is 13.7. The normalized spacial score (nSPS) is 19.7. The number of carbonyl (C=O) groups excluding carboxylic acids is 1. The monoisotopic (exact) mass is 650 g/mol. The van der Waals surface area contributed by atoms with Crippen molar-refractivity contribution < 1.29 is 9.18 Å². The number of hydrogen-bond acceptors (Lipinski definition) is 7. The topological polar surface area (TPSA) is 92.9 Å². The van der Waals surface area contributed by atoms with Gasteiger partial charge in [-0.2, -0.15) is 5.10 Å². The Morgan fingerprint density at radius 3 is 2.80 bits per heavy atom. The Hall–Kier alpha value is -3.51. The molecule has 9 nitrogen and oxygen atoms in total. The first-order valence-corrected chi connectivity index (χ1v) is 16.3. The molecule has 13 heteroatoms. The van der Waals surface area contributed by atoms with Gasteiger partial charge in [-0.3, -0.25) is 14.8 Å². The number of halogens is 3. The van der Waals surface area contributed by atoms with Crippen molar-refractivity contribution in [2.24, 2.45) is 5.41 Å². The molecule has 226 valence electrons. The van der Waals surface area contributed by atoms with Crippen molar-refractivity contribution in [3.05, 3.63) is 75.9 Å². The quantitative estimate of drug-likeness (QED) is 0.235. The molecule has 3 aliphatic rings. The molecule has 0 unspecified atom stereocenters. The Balaban J connectivity index is 1.12. The van der Waals surface area contributed by atoms with E-state index in [1.807, 2.05) is 6.07 Å². The minimum absolute atomic E-state index is 0.175. The van der Waals surface area contributed by atoms with Gasteiger partial charge < -0.3 is 14.8 Å². The molecule has 2 atom stereocenters. The van der Waals surface area contributed by atoms with Crippen LogP contribution in [-0.2, 0) is 17.8 Å². The third-order valence-electron chi connectivity index (χ3n) is 9.08. The average molecular weight is 652 g/mol. The van der Waals surface area contributed by atoms with Crippen LogP contribution in [0.2, 0.25) is 10.0 Å². The standard InChI is InChI=1S/C31H29Cl2FN8OS/c32-23-11-21(18-2-4-20(5-3-18)41-15-31(16-41)6-1-7-35-14-31)25(33)26-22(23)13-42(39-26)28(29(43)38-30-36-8-9-44-30)27-24-10-19(34)12-40(24)17-37-27/h2-5,8-9,11,13,17,19,28,35H,1,6-7,10,12,14-16H2,(H,36,38,43)/t19-,28-/m1/s1. The first kappa shape index (κ1) is 28.0. The summed E-state index contributed by atoms with van der Waals surface area (Å²) in [6.45, 7) is 4.56. The molecule has 2 aromatic carbocycles. The number of imidazole rings is 1. The van der Waals surface area contributed by atoms with E-state index in [1.54, 1.807) is 28.7 Å². The molecule has 6 heterocycles. The van der Waals surface area contributed by atoms with Crippen LogP contribution in [0.25, 0.3) is 22.0 Å². The number of nitrogens with one attached hydrogen (secondary N) is 2. The van der Waals surface area contributed by atoms with Crippen molar-refractivity contribution in [2.45, 2.75) is 38.0 Å². The molecule has 1 spiro atoms. The smallest absolute Gasteiger partial charge is 0.257 e. The summed E-state index contributed by atoms with van der Waals surface area (Å²) in [5, 5.41) is 14.9. The van der Waals surface area contributed by atoms with Crippen LogP contribution in [0.15, 0.2) is 54.4 Å². The summed E-state index contributed by atoms with van der Waals surface area (Å²) in [6.07, 6.45) is 6.55. The summed E-state index contributed by atoms with van der Waals surface area (Å²) in [5.74, 6) is -0.392. The molecule has 3 aromatic heterocycles. The summed E-state index contributed by atoms with van der Waals surface area (Å²) in [4.78, 5) is 24.9. The van der Waals surface area contributed by atoms with Crippen molar-refractivity contribution >= 4 is 62.2 Å². The van der Waals surface area contributed by atoms with E-state index in [-0.39, 0.29) is 13.0 Å². The maximum absolute atomic E-state index is 14.3. The molecule has 2 fully saturated rings. The van der Waals surface area contributed by atoms with Gasteiger partial charge in [0.1, 0.15) is 11.7 Å². The number of nitrogens with zero attached hydrogens (tertiary/aromatic N) is 6. The van der Waals surface area contributed by atoms with E-state index in [0.29, 0.717) is 42.9 Å². The molecule has 1 amide bonds. The number of amides is 1. The number of thiazole rings is 1. The van der Waals surface area contributed by atoms with E-state index in [1.165, 1.54) is 34.5 Å². The van der Waals surface area contributed by atoms with Crippen LogP contribution in [0.5, 0.6) is 0 Å². The highest BCUT2D eigenvalue weighted by atomic mass is 35.5. The van der Waals surface area contributed by atoms with E-state index in [0.717, 1.165) is 37.3 Å². The fraction of sp³-hybridized carbons (Fsp3) is 0.355. The maximum atomic E-state index is 14.3. The van der Waals surface area contributed by atoms with E-state index in [4.69, 9.17) is 28.3 Å². The van der Waals surface area contributed by atoms with Gasteiger partial charge in [0.25, 0.3) is 5.91 Å². The van der Waals surface area contributed by atoms with Crippen LogP contribution in [0.4, 0.5) is 15.2 Å². The van der Waals surface area contributed by atoms with Gasteiger partial charge in [-0.05, 0) is 43.1 Å². The van der Waals surface area contributed by atoms with Crippen molar-refractivity contribution in [2.75, 3.05) is 36.4 Å². The molecule has 0 aliphatic carbocycles. The lowest BCUT2D eigenvalue weighted by Gasteiger charge is -2.53. The Morgan fingerprint density at radius 1 is 1.20 bits per heavy atom. The van der Waals surface area contributed by atoms with Crippen molar-refractivity contribution in [1.29, 1.82) is 0 Å². The number of alkyl halides is 1. The average Bonchev–Trinajstić information content (AvgIpc) is 3.81. The lowest BCUT2D eigenvalue weighted by molar-refractivity contribution is -0.118. The van der Waals surface area contributed by atoms with Crippen molar-refractivity contribution in [3.8, 4) is 11.1 Å². The first-order chi connectivity index (χ1) is 21.4. The fourth-order valence-electron chi connectivity index (χ4n) is 6.91. The summed E-state index contributed by atoms with van der Waals surface area (Å²) < 4.78 is 17.6. The van der Waals surface area contributed by atoms with Gasteiger partial charge in [0, 0.05) is 71.6 Å². The third kappa shape index (κ3) is 4.77. The van der Waals surface area contributed by atoms with E-state index in [9.17, 15) is 9.18 Å². The maximum Gasteiger partial charge on any atom is 0.257 e. The summed E-state index contributed by atoms with van der Waals surface area (Å²) in [7, 11) is 0. The molecule has 44 heavy (non-hydrogen) atoms. The molecular weight excluding hydrogens is 622 g/mol. The molecule has 5 aromatic rings. The van der Waals surface area contributed by atoms with Crippen molar-refractivity contribution in [3.63, 3.8) is 0 Å². The SMILES string of the molecule is O=C(Nc1nccs1)[C@@H](c1ncn2c1C[C@@H](F)C2)n1cc2c(Cl)cc(-c3ccc(N4CC5(CCCNC5)C4)cc3)c(Cl)c2n1. The van der Waals surface area contributed by atoms with Gasteiger partial charge >= 0.3 is 0 Å². The van der Waals surface area contributed by atoms with Crippen molar-refractivity contribution in [1.82, 2.24) is 29.6 Å². The first-order valence-electron chi connectivity index (χ1n) is 14.7. The van der Waals surface area contributed by atoms with Crippen LogP contribution in [0.3, 0.4) is 0 Å². The summed E-state index contributed by atoms with van der Waals surface area (Å²) >= 11 is 15.1. The van der Waals surface area contributed by atoms with Crippen LogP contribution in [-0.4, -0.2) is 62.6 Å². The number of fused-ring (bicyclic) bond motifs is 2. The van der Waals surface area contributed by atoms with Crippen LogP contribution in [0.1, 0.15) is 30.3 Å². The highest BCUT2D eigenvalue weighted by molar-refractivity contribution is 7.13. The molecule has 2 N–H and O–H groups in total. The van der Waals surface area contributed by atoms with Gasteiger partial charge in [-0.15, -0.1) is 11.3 Å². The molecule has 0 bridgehead atoms. The Labute approximate surface area is 267 Å². The highest BCUT2D eigenvalue weighted by Gasteiger charge is 2.43. The number of carbonyl (C=O) groups is 1. The zero-order valence-corrected chi connectivity index (χ0v) is 26.0. The minimum atomic E-state index is -1.03. The lowest BCUT2D eigenvalue weighted by atomic mass is 9.74. The number of benzene rings is 2. The number of anilines is 2. The molecule has 3 aliphatic heterocycles. The van der Waals surface area contributed by atoms with Crippen LogP contribution in [0, 0.1) is 5.41 Å². The zero-order chi connectivity index (χ0) is 30.0. The second-order valence-electron chi connectivity index (χ2n) is 12.0. The Morgan fingerprint density at radius 2 is 2.05 bits per heavy atom. The summed E-state index contributed by atoms with van der Waals surface area (Å²) in [6, 6.07) is 9.23. The minimum Gasteiger partial charge on any atom is -0.370 e. The van der Waals surface area contributed by atoms with Crippen LogP contribution < -0.4 is 15.5 Å². The van der Waals surface area contributed by atoms with E-state index in [2.05, 4.69) is 49.8 Å². The Kier molecular flexibility index (Phi) is 6.89. The van der Waals surface area contributed by atoms with Crippen LogP contribution >= 0.6 is 34.5 Å². The zero-order valence-electron chi connectivity index (χ0n) is 23.6. The van der Waals surface area contributed by atoms with E-state index >= 15 is 0 Å². The molecule has 2 saturated heterocycles. The van der Waals surface area contributed by atoms with E-state index < -0.39 is 18.1 Å². The number of rotatable bonds is 6. The highest BCUT2D eigenvalue weighted by Crippen LogP contribution is 2.42. The van der Waals surface area contributed by atoms with Gasteiger partial charge in [0.05, 0.1) is 28.6 Å². The predicted molar refractivity (Wildman–Crippen MR) is 172 cm³/mol. The predicted octanol–water partition coefficient (Wildman–Crippen LogP) is 5.98. The second kappa shape index (κ2) is 10.8. The molecule has 8 rings (SSSR count). The number of hydrogen-bond donors (Lipinski definition) is 2. The Bertz CT molecular complexity index is 1860. The molecule has 0 radical (unpaired) electrons. The number of aromatic nitrogens is 5. The van der Waals surface area contributed by atoms with Gasteiger partial charge in [0.2, 0.25) is 0 Å². The largest absolute Gasteiger partial charge is 0.370 e. The summed E-state index contributed by atoms with van der Waals surface area (Å²) in [5.41, 5.74) is 4.84. The van der Waals surface area contributed by atoms with Gasteiger partial charge in [-0.25, -0.2) is 14.4 Å². The molecule has 0 saturated carbocycles.